The number of hydrogen-bond donors (Lipinski definition) is 3. The van der Waals surface area contributed by atoms with E-state index < -0.39 is 6.03 Å². The largest absolute Gasteiger partial charge is 0.496 e. The number of carbonyl (C=O) groups excluding carboxylic acids is 2. The van der Waals surface area contributed by atoms with Gasteiger partial charge in [-0.3, -0.25) is 4.79 Å². The Balaban J connectivity index is 1.99. The van der Waals surface area contributed by atoms with Crippen LogP contribution in [0.5, 0.6) is 5.75 Å². The SMILES string of the molecule is COc1ccccc1/C=C/C(=O)Nc1ccc(NC(N)=O)cc1. The van der Waals surface area contributed by atoms with Gasteiger partial charge in [0, 0.05) is 23.0 Å². The molecular weight excluding hydrogens is 294 g/mol. The molecule has 0 aliphatic carbocycles. The lowest BCUT2D eigenvalue weighted by Crippen LogP contribution is -2.19. The minimum absolute atomic E-state index is 0.272. The first-order valence-electron chi connectivity index (χ1n) is 6.87. The van der Waals surface area contributed by atoms with Gasteiger partial charge in [0.2, 0.25) is 5.91 Å². The molecule has 0 radical (unpaired) electrons. The Hall–Kier alpha value is -3.28. The Morgan fingerprint density at radius 2 is 1.61 bits per heavy atom. The van der Waals surface area contributed by atoms with Crippen LogP contribution in [-0.4, -0.2) is 19.0 Å². The van der Waals surface area contributed by atoms with Crippen LogP contribution in [-0.2, 0) is 4.79 Å². The Morgan fingerprint density at radius 1 is 1.00 bits per heavy atom. The molecule has 2 rings (SSSR count). The first-order chi connectivity index (χ1) is 11.1. The van der Waals surface area contributed by atoms with Gasteiger partial charge in [0.15, 0.2) is 0 Å². The summed E-state index contributed by atoms with van der Waals surface area (Å²) in [4.78, 5) is 22.6. The number of rotatable bonds is 5. The summed E-state index contributed by atoms with van der Waals surface area (Å²) < 4.78 is 5.21. The molecule has 6 heteroatoms. The molecule has 0 heterocycles. The average molecular weight is 311 g/mol. The second-order valence-corrected chi connectivity index (χ2v) is 4.63. The van der Waals surface area contributed by atoms with E-state index in [1.807, 2.05) is 24.3 Å². The first kappa shape index (κ1) is 16.1. The van der Waals surface area contributed by atoms with Crippen molar-refractivity contribution in [3.8, 4) is 5.75 Å². The number of benzene rings is 2. The highest BCUT2D eigenvalue weighted by Crippen LogP contribution is 2.19. The van der Waals surface area contributed by atoms with Crippen molar-refractivity contribution >= 4 is 29.4 Å². The Bertz CT molecular complexity index is 724. The van der Waals surface area contributed by atoms with Crippen LogP contribution < -0.4 is 21.1 Å². The average Bonchev–Trinajstić information content (AvgIpc) is 2.54. The maximum Gasteiger partial charge on any atom is 0.316 e. The van der Waals surface area contributed by atoms with E-state index in [9.17, 15) is 9.59 Å². The van der Waals surface area contributed by atoms with Gasteiger partial charge >= 0.3 is 6.03 Å². The minimum atomic E-state index is -0.637. The molecule has 4 N–H and O–H groups in total. The highest BCUT2D eigenvalue weighted by Gasteiger charge is 2.01. The molecule has 3 amide bonds. The number of nitrogens with two attached hydrogens (primary N) is 1. The summed E-state index contributed by atoms with van der Waals surface area (Å²) in [5.41, 5.74) is 7.00. The normalized spacial score (nSPS) is 10.3. The van der Waals surface area contributed by atoms with E-state index in [-0.39, 0.29) is 5.91 Å². The summed E-state index contributed by atoms with van der Waals surface area (Å²) in [5, 5.41) is 5.16. The number of hydrogen-bond acceptors (Lipinski definition) is 3. The van der Waals surface area contributed by atoms with Crippen LogP contribution in [0.15, 0.2) is 54.6 Å². The number of primary amides is 1. The van der Waals surface area contributed by atoms with Gasteiger partial charge in [-0.1, -0.05) is 18.2 Å². The zero-order valence-corrected chi connectivity index (χ0v) is 12.6. The number of carbonyl (C=O) groups is 2. The molecule has 0 aliphatic rings. The van der Waals surface area contributed by atoms with E-state index >= 15 is 0 Å². The molecule has 0 saturated carbocycles. The maximum atomic E-state index is 11.9. The molecule has 0 spiro atoms. The van der Waals surface area contributed by atoms with Crippen molar-refractivity contribution in [3.63, 3.8) is 0 Å². The van der Waals surface area contributed by atoms with Crippen molar-refractivity contribution in [1.29, 1.82) is 0 Å². The highest BCUT2D eigenvalue weighted by molar-refractivity contribution is 6.02. The van der Waals surface area contributed by atoms with Gasteiger partial charge in [-0.2, -0.15) is 0 Å². The molecule has 23 heavy (non-hydrogen) atoms. The quantitative estimate of drug-likeness (QED) is 0.741. The van der Waals surface area contributed by atoms with Crippen molar-refractivity contribution in [2.45, 2.75) is 0 Å². The van der Waals surface area contributed by atoms with Crippen LogP contribution >= 0.6 is 0 Å². The van der Waals surface area contributed by atoms with E-state index in [1.54, 1.807) is 37.5 Å². The van der Waals surface area contributed by atoms with Gasteiger partial charge in [0.05, 0.1) is 7.11 Å². The fraction of sp³-hybridized carbons (Fsp3) is 0.0588. The van der Waals surface area contributed by atoms with Gasteiger partial charge in [-0.05, 0) is 36.4 Å². The Kier molecular flexibility index (Phi) is 5.35. The standard InChI is InChI=1S/C17H17N3O3/c1-23-15-5-3-2-4-12(15)6-11-16(21)19-13-7-9-14(10-8-13)20-17(18)22/h2-11H,1H3,(H,19,21)(H3,18,20,22)/b11-6+. The van der Waals surface area contributed by atoms with Gasteiger partial charge in [0.1, 0.15) is 5.75 Å². The number of urea groups is 1. The monoisotopic (exact) mass is 311 g/mol. The zero-order valence-electron chi connectivity index (χ0n) is 12.6. The topological polar surface area (TPSA) is 93.4 Å². The van der Waals surface area contributed by atoms with Crippen LogP contribution in [0.3, 0.4) is 0 Å². The lowest BCUT2D eigenvalue weighted by molar-refractivity contribution is -0.111. The zero-order chi connectivity index (χ0) is 16.7. The summed E-state index contributed by atoms with van der Waals surface area (Å²) in [6.07, 6.45) is 3.10. The summed E-state index contributed by atoms with van der Waals surface area (Å²) in [5.74, 6) is 0.421. The number of anilines is 2. The van der Waals surface area contributed by atoms with Gasteiger partial charge in [0.25, 0.3) is 0 Å². The molecule has 0 aliphatic heterocycles. The van der Waals surface area contributed by atoms with Crippen LogP contribution in [0.4, 0.5) is 16.2 Å². The fourth-order valence-corrected chi connectivity index (χ4v) is 1.93. The molecule has 0 fully saturated rings. The highest BCUT2D eigenvalue weighted by atomic mass is 16.5. The molecular formula is C17H17N3O3. The summed E-state index contributed by atoms with van der Waals surface area (Å²) >= 11 is 0. The second kappa shape index (κ2) is 7.65. The van der Waals surface area contributed by atoms with Crippen molar-refractivity contribution < 1.29 is 14.3 Å². The summed E-state index contributed by atoms with van der Waals surface area (Å²) in [7, 11) is 1.58. The third-order valence-corrected chi connectivity index (χ3v) is 2.97. The van der Waals surface area contributed by atoms with Crippen LogP contribution in [0.2, 0.25) is 0 Å². The third kappa shape index (κ3) is 4.89. The van der Waals surface area contributed by atoms with Gasteiger partial charge in [-0.15, -0.1) is 0 Å². The van der Waals surface area contributed by atoms with E-state index in [0.717, 1.165) is 5.56 Å². The van der Waals surface area contributed by atoms with Crippen LogP contribution in [0, 0.1) is 0 Å². The molecule has 118 valence electrons. The molecule has 0 aromatic heterocycles. The van der Waals surface area contributed by atoms with E-state index in [4.69, 9.17) is 10.5 Å². The fourth-order valence-electron chi connectivity index (χ4n) is 1.93. The molecule has 0 unspecified atom stereocenters. The van der Waals surface area contributed by atoms with Crippen molar-refractivity contribution in [1.82, 2.24) is 0 Å². The molecule has 6 nitrogen and oxygen atoms in total. The summed E-state index contributed by atoms with van der Waals surface area (Å²) in [6, 6.07) is 13.4. The van der Waals surface area contributed by atoms with Gasteiger partial charge in [-0.25, -0.2) is 4.79 Å². The lowest BCUT2D eigenvalue weighted by atomic mass is 10.2. The number of methoxy groups -OCH3 is 1. The molecule has 0 saturated heterocycles. The molecule has 2 aromatic rings. The Morgan fingerprint density at radius 3 is 2.22 bits per heavy atom. The van der Waals surface area contributed by atoms with E-state index in [0.29, 0.717) is 17.1 Å². The maximum absolute atomic E-state index is 11.9. The first-order valence-corrected chi connectivity index (χ1v) is 6.87. The molecule has 0 atom stereocenters. The molecule has 2 aromatic carbocycles. The van der Waals surface area contributed by atoms with E-state index in [1.165, 1.54) is 6.08 Å². The number of amides is 3. The second-order valence-electron chi connectivity index (χ2n) is 4.63. The van der Waals surface area contributed by atoms with Crippen LogP contribution in [0.25, 0.3) is 6.08 Å². The van der Waals surface area contributed by atoms with Crippen molar-refractivity contribution in [2.75, 3.05) is 17.7 Å². The number of ether oxygens (including phenoxy) is 1. The van der Waals surface area contributed by atoms with Crippen LogP contribution in [0.1, 0.15) is 5.56 Å². The minimum Gasteiger partial charge on any atom is -0.496 e. The lowest BCUT2D eigenvalue weighted by Gasteiger charge is -2.05. The summed E-state index contributed by atoms with van der Waals surface area (Å²) in [6.45, 7) is 0. The van der Waals surface area contributed by atoms with E-state index in [2.05, 4.69) is 10.6 Å². The number of nitrogens with one attached hydrogen (secondary N) is 2. The Labute approximate surface area is 133 Å². The van der Waals surface area contributed by atoms with Crippen molar-refractivity contribution in [3.05, 3.63) is 60.2 Å². The molecule has 0 bridgehead atoms. The van der Waals surface area contributed by atoms with Crippen molar-refractivity contribution in [2.24, 2.45) is 5.73 Å². The smallest absolute Gasteiger partial charge is 0.316 e. The van der Waals surface area contributed by atoms with Gasteiger partial charge < -0.3 is 21.1 Å². The predicted molar refractivity (Wildman–Crippen MR) is 90.3 cm³/mol. The number of para-hydroxylation sites is 1. The third-order valence-electron chi connectivity index (χ3n) is 2.97. The predicted octanol–water partition coefficient (Wildman–Crippen LogP) is 2.84.